The van der Waals surface area contributed by atoms with Crippen LogP contribution in [0.25, 0.3) is 0 Å². The third-order valence-corrected chi connectivity index (χ3v) is 2.59. The van der Waals surface area contributed by atoms with Crippen LogP contribution in [0.4, 0.5) is 11.5 Å². The molecule has 20 heavy (non-hydrogen) atoms. The molecule has 0 atom stereocenters. The van der Waals surface area contributed by atoms with Crippen LogP contribution in [0.3, 0.4) is 0 Å². The van der Waals surface area contributed by atoms with Crippen LogP contribution in [0.5, 0.6) is 0 Å². The number of ether oxygens (including phenoxy) is 1. The van der Waals surface area contributed by atoms with E-state index in [9.17, 15) is 9.59 Å². The zero-order valence-electron chi connectivity index (χ0n) is 11.5. The van der Waals surface area contributed by atoms with Gasteiger partial charge in [0.05, 0.1) is 24.1 Å². The molecule has 0 aliphatic rings. The molecule has 0 unspecified atom stereocenters. The minimum Gasteiger partial charge on any atom is -0.462 e. The highest BCUT2D eigenvalue weighted by Crippen LogP contribution is 2.16. The van der Waals surface area contributed by atoms with Crippen molar-refractivity contribution >= 4 is 23.4 Å². The summed E-state index contributed by atoms with van der Waals surface area (Å²) in [5.74, 6) is -0.231. The van der Waals surface area contributed by atoms with Gasteiger partial charge in [-0.1, -0.05) is 0 Å². The molecule has 0 aliphatic carbocycles. The summed E-state index contributed by atoms with van der Waals surface area (Å²) >= 11 is 0. The number of nitrogens with one attached hydrogen (secondary N) is 1. The number of carbonyl (C=O) groups excluding carboxylic acids is 2. The van der Waals surface area contributed by atoms with Crippen LogP contribution in [0, 0.1) is 0 Å². The Labute approximate surface area is 117 Å². The van der Waals surface area contributed by atoms with E-state index >= 15 is 0 Å². The lowest BCUT2D eigenvalue weighted by molar-refractivity contribution is -0.118. The summed E-state index contributed by atoms with van der Waals surface area (Å²) in [5, 5.41) is 3.06. The first kappa shape index (κ1) is 15.7. The average Bonchev–Trinajstić information content (AvgIpc) is 2.40. The number of anilines is 2. The van der Waals surface area contributed by atoms with Crippen LogP contribution in [0.1, 0.15) is 36.5 Å². The first-order valence-electron chi connectivity index (χ1n) is 6.49. The second-order valence-electron chi connectivity index (χ2n) is 4.23. The van der Waals surface area contributed by atoms with Gasteiger partial charge in [0.1, 0.15) is 5.82 Å². The molecule has 0 spiro atoms. The van der Waals surface area contributed by atoms with E-state index in [0.717, 1.165) is 6.42 Å². The molecule has 0 aliphatic heterocycles. The SMILES string of the molecule is CCOC(=O)c1cc(NCCCCC(N)=O)ncc1N. The molecule has 1 aromatic heterocycles. The van der Waals surface area contributed by atoms with Gasteiger partial charge in [-0.05, 0) is 25.8 Å². The molecular formula is C13H20N4O3. The topological polar surface area (TPSA) is 120 Å². The number of aromatic nitrogens is 1. The number of nitrogens with two attached hydrogens (primary N) is 2. The summed E-state index contributed by atoms with van der Waals surface area (Å²) in [6, 6.07) is 1.56. The van der Waals surface area contributed by atoms with E-state index in [0.29, 0.717) is 30.8 Å². The minimum atomic E-state index is -0.468. The fourth-order valence-corrected chi connectivity index (χ4v) is 1.59. The number of amides is 1. The molecule has 1 rings (SSSR count). The normalized spacial score (nSPS) is 10.1. The standard InChI is InChI=1S/C13H20N4O3/c1-2-20-13(19)9-7-12(17-8-10(9)14)16-6-4-3-5-11(15)18/h7-8H,2-6,14H2,1H3,(H2,15,18)(H,16,17). The predicted molar refractivity (Wildman–Crippen MR) is 76.1 cm³/mol. The first-order chi connectivity index (χ1) is 9.54. The molecule has 7 heteroatoms. The summed E-state index contributed by atoms with van der Waals surface area (Å²) in [7, 11) is 0. The van der Waals surface area contributed by atoms with E-state index in [1.165, 1.54) is 6.20 Å². The van der Waals surface area contributed by atoms with E-state index in [1.54, 1.807) is 13.0 Å². The third kappa shape index (κ3) is 5.13. The van der Waals surface area contributed by atoms with Crippen molar-refractivity contribution < 1.29 is 14.3 Å². The van der Waals surface area contributed by atoms with Crippen LogP contribution < -0.4 is 16.8 Å². The van der Waals surface area contributed by atoms with E-state index in [2.05, 4.69) is 10.3 Å². The Balaban J connectivity index is 2.52. The van der Waals surface area contributed by atoms with Crippen LogP contribution in [0.15, 0.2) is 12.3 Å². The van der Waals surface area contributed by atoms with Gasteiger partial charge in [0.15, 0.2) is 0 Å². The Morgan fingerprint density at radius 1 is 1.40 bits per heavy atom. The number of hydrogen-bond acceptors (Lipinski definition) is 6. The fourth-order valence-electron chi connectivity index (χ4n) is 1.59. The van der Waals surface area contributed by atoms with Crippen molar-refractivity contribution in [1.29, 1.82) is 0 Å². The minimum absolute atomic E-state index is 0.280. The number of carbonyl (C=O) groups is 2. The van der Waals surface area contributed by atoms with Crippen LogP contribution >= 0.6 is 0 Å². The average molecular weight is 280 g/mol. The zero-order valence-corrected chi connectivity index (χ0v) is 11.5. The maximum atomic E-state index is 11.7. The summed E-state index contributed by atoms with van der Waals surface area (Å²) in [6.07, 6.45) is 3.27. The van der Waals surface area contributed by atoms with Gasteiger partial charge in [-0.25, -0.2) is 9.78 Å². The summed E-state index contributed by atoms with van der Waals surface area (Å²) in [4.78, 5) is 26.3. The van der Waals surface area contributed by atoms with Gasteiger partial charge in [-0.3, -0.25) is 4.79 Å². The lowest BCUT2D eigenvalue weighted by atomic mass is 10.2. The van der Waals surface area contributed by atoms with Crippen LogP contribution in [-0.4, -0.2) is 30.0 Å². The van der Waals surface area contributed by atoms with E-state index in [-0.39, 0.29) is 18.2 Å². The lowest BCUT2D eigenvalue weighted by Gasteiger charge is -2.09. The van der Waals surface area contributed by atoms with Gasteiger partial charge in [-0.2, -0.15) is 0 Å². The van der Waals surface area contributed by atoms with Crippen molar-refractivity contribution in [2.75, 3.05) is 24.2 Å². The van der Waals surface area contributed by atoms with Crippen LogP contribution in [0.2, 0.25) is 0 Å². The quantitative estimate of drug-likeness (QED) is 0.481. The van der Waals surface area contributed by atoms with Crippen molar-refractivity contribution in [2.24, 2.45) is 5.73 Å². The maximum Gasteiger partial charge on any atom is 0.340 e. The van der Waals surface area contributed by atoms with E-state index in [4.69, 9.17) is 16.2 Å². The van der Waals surface area contributed by atoms with Gasteiger partial charge < -0.3 is 21.5 Å². The van der Waals surface area contributed by atoms with Crippen molar-refractivity contribution in [3.8, 4) is 0 Å². The van der Waals surface area contributed by atoms with Crippen molar-refractivity contribution in [2.45, 2.75) is 26.2 Å². The van der Waals surface area contributed by atoms with Gasteiger partial charge in [0, 0.05) is 13.0 Å². The number of rotatable bonds is 8. The van der Waals surface area contributed by atoms with E-state index in [1.807, 2.05) is 0 Å². The Morgan fingerprint density at radius 3 is 2.80 bits per heavy atom. The highest BCUT2D eigenvalue weighted by molar-refractivity contribution is 5.95. The second-order valence-corrected chi connectivity index (χ2v) is 4.23. The zero-order chi connectivity index (χ0) is 15.0. The van der Waals surface area contributed by atoms with Gasteiger partial charge in [0.25, 0.3) is 0 Å². The predicted octanol–water partition coefficient (Wildman–Crippen LogP) is 0.908. The Bertz CT molecular complexity index is 477. The number of nitrogens with zero attached hydrogens (tertiary/aromatic N) is 1. The molecule has 7 nitrogen and oxygen atoms in total. The third-order valence-electron chi connectivity index (χ3n) is 2.59. The molecule has 1 aromatic rings. The molecule has 1 heterocycles. The number of primary amides is 1. The number of unbranched alkanes of at least 4 members (excludes halogenated alkanes) is 1. The van der Waals surface area contributed by atoms with Crippen molar-refractivity contribution in [3.63, 3.8) is 0 Å². The molecule has 5 N–H and O–H groups in total. The molecule has 0 radical (unpaired) electrons. The number of hydrogen-bond donors (Lipinski definition) is 3. The highest BCUT2D eigenvalue weighted by Gasteiger charge is 2.12. The molecule has 110 valence electrons. The van der Waals surface area contributed by atoms with Crippen LogP contribution in [-0.2, 0) is 9.53 Å². The molecule has 0 aromatic carbocycles. The summed E-state index contributed by atoms with van der Waals surface area (Å²) in [6.45, 7) is 2.65. The molecule has 0 fully saturated rings. The number of nitrogen functional groups attached to an aromatic ring is 1. The molecule has 0 bridgehead atoms. The summed E-state index contributed by atoms with van der Waals surface area (Å²) in [5.41, 5.74) is 11.3. The number of pyridine rings is 1. The Hall–Kier alpha value is -2.31. The van der Waals surface area contributed by atoms with E-state index < -0.39 is 5.97 Å². The molecule has 1 amide bonds. The highest BCUT2D eigenvalue weighted by atomic mass is 16.5. The smallest absolute Gasteiger partial charge is 0.340 e. The van der Waals surface area contributed by atoms with Crippen molar-refractivity contribution in [3.05, 3.63) is 17.8 Å². The summed E-state index contributed by atoms with van der Waals surface area (Å²) < 4.78 is 4.91. The molecule has 0 saturated carbocycles. The largest absolute Gasteiger partial charge is 0.462 e. The second kappa shape index (κ2) is 7.98. The Kier molecular flexibility index (Phi) is 6.28. The van der Waals surface area contributed by atoms with Gasteiger partial charge in [-0.15, -0.1) is 0 Å². The number of esters is 1. The van der Waals surface area contributed by atoms with Gasteiger partial charge in [0.2, 0.25) is 5.91 Å². The maximum absolute atomic E-state index is 11.7. The van der Waals surface area contributed by atoms with Crippen molar-refractivity contribution in [1.82, 2.24) is 4.98 Å². The lowest BCUT2D eigenvalue weighted by Crippen LogP contribution is -2.12. The monoisotopic (exact) mass is 280 g/mol. The first-order valence-corrected chi connectivity index (χ1v) is 6.49. The molecular weight excluding hydrogens is 260 g/mol. The Morgan fingerprint density at radius 2 is 2.15 bits per heavy atom. The van der Waals surface area contributed by atoms with Gasteiger partial charge >= 0.3 is 5.97 Å². The fraction of sp³-hybridized carbons (Fsp3) is 0.462. The molecule has 0 saturated heterocycles.